The number of phenols is 1. The fraction of sp³-hybridized carbons (Fsp3) is 0.214. The number of phenolic OH excluding ortho intramolecular Hbond substituents is 1. The van der Waals surface area contributed by atoms with Crippen molar-refractivity contribution < 1.29 is 29.3 Å². The fourth-order valence-corrected chi connectivity index (χ4v) is 4.13. The van der Waals surface area contributed by atoms with Crippen molar-refractivity contribution >= 4 is 23.1 Å². The van der Waals surface area contributed by atoms with Crippen molar-refractivity contribution in [3.05, 3.63) is 89.0 Å². The molecule has 35 heavy (non-hydrogen) atoms. The number of aryl methyl sites for hydroxylation is 1. The van der Waals surface area contributed by atoms with Gasteiger partial charge in [0.25, 0.3) is 11.7 Å². The first-order valence-corrected chi connectivity index (χ1v) is 11.4. The third-order valence-electron chi connectivity index (χ3n) is 5.78. The van der Waals surface area contributed by atoms with Crippen LogP contribution in [0.4, 0.5) is 5.69 Å². The van der Waals surface area contributed by atoms with E-state index in [1.807, 2.05) is 32.9 Å². The van der Waals surface area contributed by atoms with Gasteiger partial charge in [-0.25, -0.2) is 0 Å². The van der Waals surface area contributed by atoms with Crippen LogP contribution in [0.15, 0.2) is 72.3 Å². The predicted molar refractivity (Wildman–Crippen MR) is 133 cm³/mol. The summed E-state index contributed by atoms with van der Waals surface area (Å²) in [5.74, 6) is -0.826. The highest BCUT2D eigenvalue weighted by molar-refractivity contribution is 6.51. The van der Waals surface area contributed by atoms with Crippen molar-refractivity contribution in [3.63, 3.8) is 0 Å². The summed E-state index contributed by atoms with van der Waals surface area (Å²) in [4.78, 5) is 28.0. The summed E-state index contributed by atoms with van der Waals surface area (Å²) in [5.41, 5.74) is 2.37. The van der Waals surface area contributed by atoms with E-state index in [4.69, 9.17) is 9.47 Å². The number of hydrogen-bond acceptors (Lipinski definition) is 6. The molecule has 1 atom stereocenters. The molecule has 1 heterocycles. The number of ether oxygens (including phenoxy) is 2. The van der Waals surface area contributed by atoms with Gasteiger partial charge in [-0.05, 0) is 50.6 Å². The number of amides is 1. The van der Waals surface area contributed by atoms with Gasteiger partial charge in [0.05, 0.1) is 24.8 Å². The monoisotopic (exact) mass is 473 g/mol. The van der Waals surface area contributed by atoms with Crippen molar-refractivity contribution in [2.75, 3.05) is 18.1 Å². The van der Waals surface area contributed by atoms with E-state index in [2.05, 4.69) is 0 Å². The Bertz CT molecular complexity index is 1280. The maximum absolute atomic E-state index is 13.3. The average Bonchev–Trinajstić information content (AvgIpc) is 3.11. The molecule has 1 aliphatic rings. The van der Waals surface area contributed by atoms with Gasteiger partial charge in [0.1, 0.15) is 11.5 Å². The normalized spacial score (nSPS) is 17.0. The van der Waals surface area contributed by atoms with Crippen LogP contribution in [0.5, 0.6) is 17.2 Å². The Morgan fingerprint density at radius 1 is 0.886 bits per heavy atom. The summed E-state index contributed by atoms with van der Waals surface area (Å²) < 4.78 is 11.4. The summed E-state index contributed by atoms with van der Waals surface area (Å²) >= 11 is 0. The molecule has 2 N–H and O–H groups in total. The third-order valence-corrected chi connectivity index (χ3v) is 5.78. The second-order valence-corrected chi connectivity index (χ2v) is 8.12. The van der Waals surface area contributed by atoms with Crippen molar-refractivity contribution in [2.24, 2.45) is 0 Å². The second kappa shape index (κ2) is 9.93. The molecule has 4 rings (SSSR count). The van der Waals surface area contributed by atoms with Crippen LogP contribution in [0.3, 0.4) is 0 Å². The van der Waals surface area contributed by atoms with Gasteiger partial charge in [-0.15, -0.1) is 0 Å². The quantitative estimate of drug-likeness (QED) is 0.281. The third kappa shape index (κ3) is 4.57. The van der Waals surface area contributed by atoms with E-state index < -0.39 is 17.7 Å². The summed E-state index contributed by atoms with van der Waals surface area (Å²) in [5, 5.41) is 21.0. The lowest BCUT2D eigenvalue weighted by Gasteiger charge is -2.26. The number of hydrogen-bond donors (Lipinski definition) is 2. The van der Waals surface area contributed by atoms with Crippen LogP contribution in [0.1, 0.15) is 36.6 Å². The number of carbonyl (C=O) groups excluding carboxylic acids is 2. The van der Waals surface area contributed by atoms with Gasteiger partial charge >= 0.3 is 0 Å². The molecule has 0 radical (unpaired) electrons. The lowest BCUT2D eigenvalue weighted by Crippen LogP contribution is -2.29. The zero-order chi connectivity index (χ0) is 25.1. The number of benzene rings is 3. The van der Waals surface area contributed by atoms with Crippen LogP contribution in [0.2, 0.25) is 0 Å². The van der Waals surface area contributed by atoms with E-state index in [0.717, 1.165) is 5.56 Å². The SMILES string of the molecule is CCOc1ccc(N2C(=O)C(=O)/C(=C(/O)c3ccc(C)cc3)C2c2ccc(O)cc2)cc1OCC. The number of ketones is 1. The number of aliphatic hydroxyl groups is 1. The van der Waals surface area contributed by atoms with Crippen LogP contribution < -0.4 is 14.4 Å². The lowest BCUT2D eigenvalue weighted by molar-refractivity contribution is -0.132. The van der Waals surface area contributed by atoms with Crippen LogP contribution in [0.25, 0.3) is 5.76 Å². The number of rotatable bonds is 7. The topological polar surface area (TPSA) is 96.3 Å². The number of anilines is 1. The molecule has 1 aliphatic heterocycles. The van der Waals surface area contributed by atoms with Gasteiger partial charge in [-0.1, -0.05) is 42.0 Å². The van der Waals surface area contributed by atoms with Crippen molar-refractivity contribution in [1.82, 2.24) is 0 Å². The summed E-state index contributed by atoms with van der Waals surface area (Å²) in [6, 6.07) is 17.4. The maximum Gasteiger partial charge on any atom is 0.300 e. The van der Waals surface area contributed by atoms with Gasteiger partial charge in [-0.3, -0.25) is 14.5 Å². The van der Waals surface area contributed by atoms with Gasteiger partial charge in [0.2, 0.25) is 0 Å². The van der Waals surface area contributed by atoms with Crippen LogP contribution >= 0.6 is 0 Å². The molecule has 1 fully saturated rings. The Hall–Kier alpha value is -4.26. The van der Waals surface area contributed by atoms with Crippen molar-refractivity contribution in [3.8, 4) is 17.2 Å². The molecule has 7 nitrogen and oxygen atoms in total. The van der Waals surface area contributed by atoms with Gasteiger partial charge < -0.3 is 19.7 Å². The standard InChI is InChI=1S/C28H27NO6/c1-4-34-22-15-12-20(16-23(22)35-5-2)29-25(18-10-13-21(30)14-11-18)24(27(32)28(29)33)26(31)19-8-6-17(3)7-9-19/h6-16,25,30-31H,4-5H2,1-3H3/b26-24+. The van der Waals surface area contributed by atoms with E-state index in [0.29, 0.717) is 41.5 Å². The molecule has 7 heteroatoms. The second-order valence-electron chi connectivity index (χ2n) is 8.12. The van der Waals surface area contributed by atoms with E-state index in [1.165, 1.54) is 17.0 Å². The Morgan fingerprint density at radius 2 is 1.51 bits per heavy atom. The summed E-state index contributed by atoms with van der Waals surface area (Å²) in [7, 11) is 0. The molecule has 0 bridgehead atoms. The highest BCUT2D eigenvalue weighted by atomic mass is 16.5. The van der Waals surface area contributed by atoms with Crippen LogP contribution in [0, 0.1) is 6.92 Å². The molecule has 1 saturated heterocycles. The van der Waals surface area contributed by atoms with Crippen molar-refractivity contribution in [2.45, 2.75) is 26.8 Å². The fourth-order valence-electron chi connectivity index (χ4n) is 4.13. The van der Waals surface area contributed by atoms with Gasteiger partial charge in [-0.2, -0.15) is 0 Å². The minimum atomic E-state index is -0.913. The molecule has 0 saturated carbocycles. The first-order chi connectivity index (χ1) is 16.8. The predicted octanol–water partition coefficient (Wildman–Crippen LogP) is 5.12. The van der Waals surface area contributed by atoms with E-state index >= 15 is 0 Å². The summed E-state index contributed by atoms with van der Waals surface area (Å²) in [6.07, 6.45) is 0. The molecule has 3 aromatic rings. The minimum Gasteiger partial charge on any atom is -0.508 e. The number of nitrogens with zero attached hydrogens (tertiary/aromatic N) is 1. The molecule has 0 aromatic heterocycles. The zero-order valence-electron chi connectivity index (χ0n) is 19.8. The molecule has 0 spiro atoms. The zero-order valence-corrected chi connectivity index (χ0v) is 19.8. The van der Waals surface area contributed by atoms with E-state index in [-0.39, 0.29) is 17.1 Å². The Labute approximate surface area is 203 Å². The Balaban J connectivity index is 1.91. The number of Topliss-reactive ketones (excluding diaryl/α,β-unsaturated/α-hetero) is 1. The van der Waals surface area contributed by atoms with Crippen LogP contribution in [-0.4, -0.2) is 35.1 Å². The largest absolute Gasteiger partial charge is 0.508 e. The Kier molecular flexibility index (Phi) is 6.78. The molecular formula is C28H27NO6. The molecule has 0 aliphatic carbocycles. The van der Waals surface area contributed by atoms with Crippen LogP contribution in [-0.2, 0) is 9.59 Å². The highest BCUT2D eigenvalue weighted by Crippen LogP contribution is 2.44. The lowest BCUT2D eigenvalue weighted by atomic mass is 9.95. The van der Waals surface area contributed by atoms with E-state index in [1.54, 1.807) is 42.5 Å². The molecule has 3 aromatic carbocycles. The number of carbonyl (C=O) groups is 2. The van der Waals surface area contributed by atoms with Gasteiger partial charge in [0.15, 0.2) is 11.5 Å². The highest BCUT2D eigenvalue weighted by Gasteiger charge is 2.47. The molecule has 180 valence electrons. The Morgan fingerprint density at radius 3 is 2.14 bits per heavy atom. The summed E-state index contributed by atoms with van der Waals surface area (Å²) in [6.45, 7) is 6.44. The first kappa shape index (κ1) is 23.9. The molecule has 1 unspecified atom stereocenters. The minimum absolute atomic E-state index is 0.0311. The molecule has 1 amide bonds. The van der Waals surface area contributed by atoms with Crippen molar-refractivity contribution in [1.29, 1.82) is 0 Å². The average molecular weight is 474 g/mol. The number of aromatic hydroxyl groups is 1. The number of aliphatic hydroxyl groups excluding tert-OH is 1. The smallest absolute Gasteiger partial charge is 0.300 e. The maximum atomic E-state index is 13.3. The van der Waals surface area contributed by atoms with E-state index in [9.17, 15) is 19.8 Å². The first-order valence-electron chi connectivity index (χ1n) is 11.4. The molecular weight excluding hydrogens is 446 g/mol. The van der Waals surface area contributed by atoms with Gasteiger partial charge in [0, 0.05) is 17.3 Å².